The lowest BCUT2D eigenvalue weighted by molar-refractivity contribution is -0.145. The van der Waals surface area contributed by atoms with Crippen LogP contribution in [0.2, 0.25) is 0 Å². The number of hydrogen-bond donors (Lipinski definition) is 0. The van der Waals surface area contributed by atoms with Gasteiger partial charge in [-0.3, -0.25) is 9.59 Å². The predicted octanol–water partition coefficient (Wildman–Crippen LogP) is 1.57. The molecule has 2 unspecified atom stereocenters. The summed E-state index contributed by atoms with van der Waals surface area (Å²) in [5.41, 5.74) is 0.954. The topological polar surface area (TPSA) is 55.8 Å². The molecule has 0 N–H and O–H groups in total. The molecule has 1 aromatic carbocycles. The lowest BCUT2D eigenvalue weighted by Crippen LogP contribution is -2.36. The van der Waals surface area contributed by atoms with E-state index >= 15 is 0 Å². The molecule has 5 heteroatoms. The fraction of sp³-hybridized carbons (Fsp3) is 0.500. The zero-order chi connectivity index (χ0) is 14.8. The lowest BCUT2D eigenvalue weighted by Gasteiger charge is -2.28. The highest BCUT2D eigenvalue weighted by Gasteiger charge is 2.36. The van der Waals surface area contributed by atoms with Gasteiger partial charge < -0.3 is 14.4 Å². The van der Waals surface area contributed by atoms with Crippen molar-refractivity contribution in [1.29, 1.82) is 0 Å². The Balaban J connectivity index is 1.74. The normalized spacial score (nSPS) is 24.1. The molecule has 1 fully saturated rings. The van der Waals surface area contributed by atoms with Gasteiger partial charge in [0.2, 0.25) is 5.91 Å². The molecule has 2 aliphatic rings. The number of fused-ring (bicyclic) bond motifs is 1. The largest absolute Gasteiger partial charge is 0.493 e. The number of amides is 1. The number of likely N-dealkylation sites (tertiary alicyclic amines) is 1. The fourth-order valence-corrected chi connectivity index (χ4v) is 3.14. The van der Waals surface area contributed by atoms with Crippen LogP contribution in [0.3, 0.4) is 0 Å². The van der Waals surface area contributed by atoms with Crippen molar-refractivity contribution < 1.29 is 19.1 Å². The Bertz CT molecular complexity index is 557. The van der Waals surface area contributed by atoms with E-state index in [1.54, 1.807) is 4.90 Å². The maximum Gasteiger partial charge on any atom is 0.310 e. The van der Waals surface area contributed by atoms with Crippen LogP contribution in [0.25, 0.3) is 0 Å². The third-order valence-electron chi connectivity index (χ3n) is 4.29. The summed E-state index contributed by atoms with van der Waals surface area (Å²) in [6, 6.07) is 7.69. The molecular weight excluding hydrogens is 270 g/mol. The van der Waals surface area contributed by atoms with Crippen molar-refractivity contribution in [3.63, 3.8) is 0 Å². The Morgan fingerprint density at radius 3 is 2.90 bits per heavy atom. The molecule has 1 saturated heterocycles. The molecule has 21 heavy (non-hydrogen) atoms. The predicted molar refractivity (Wildman–Crippen MR) is 76.0 cm³/mol. The number of para-hydroxylation sites is 1. The lowest BCUT2D eigenvalue weighted by atomic mass is 9.92. The standard InChI is InChI=1S/C16H19NO4/c1-20-16(19)11-6-8-17(10-11)15(18)13-7-9-21-14-5-3-2-4-12(13)14/h2-5,11,13H,6-10H2,1H3. The molecule has 2 heterocycles. The van der Waals surface area contributed by atoms with Crippen molar-refractivity contribution in [3.05, 3.63) is 29.8 Å². The first-order valence-electron chi connectivity index (χ1n) is 7.29. The first-order chi connectivity index (χ1) is 10.2. The van der Waals surface area contributed by atoms with E-state index in [1.807, 2.05) is 24.3 Å². The molecule has 112 valence electrons. The van der Waals surface area contributed by atoms with E-state index in [4.69, 9.17) is 9.47 Å². The van der Waals surface area contributed by atoms with Crippen molar-refractivity contribution in [1.82, 2.24) is 4.90 Å². The Morgan fingerprint density at radius 1 is 1.29 bits per heavy atom. The zero-order valence-electron chi connectivity index (χ0n) is 12.1. The van der Waals surface area contributed by atoms with Gasteiger partial charge in [-0.25, -0.2) is 0 Å². The number of benzene rings is 1. The number of carbonyl (C=O) groups is 2. The minimum absolute atomic E-state index is 0.0946. The van der Waals surface area contributed by atoms with Gasteiger partial charge in [0.1, 0.15) is 5.75 Å². The van der Waals surface area contributed by atoms with Crippen molar-refractivity contribution in [2.45, 2.75) is 18.8 Å². The third kappa shape index (κ3) is 2.60. The number of hydrogen-bond acceptors (Lipinski definition) is 4. The van der Waals surface area contributed by atoms with Crippen LogP contribution in [0.4, 0.5) is 0 Å². The SMILES string of the molecule is COC(=O)C1CCN(C(=O)C2CCOc3ccccc32)C1. The molecule has 0 saturated carbocycles. The van der Waals surface area contributed by atoms with Crippen molar-refractivity contribution >= 4 is 11.9 Å². The van der Waals surface area contributed by atoms with E-state index in [0.29, 0.717) is 32.5 Å². The molecule has 0 spiro atoms. The fourth-order valence-electron chi connectivity index (χ4n) is 3.14. The van der Waals surface area contributed by atoms with Gasteiger partial charge in [-0.15, -0.1) is 0 Å². The highest BCUT2D eigenvalue weighted by atomic mass is 16.5. The summed E-state index contributed by atoms with van der Waals surface area (Å²) < 4.78 is 10.4. The highest BCUT2D eigenvalue weighted by Crippen LogP contribution is 2.35. The maximum atomic E-state index is 12.7. The Hall–Kier alpha value is -2.04. The van der Waals surface area contributed by atoms with Gasteiger partial charge in [0, 0.05) is 18.7 Å². The number of rotatable bonds is 2. The van der Waals surface area contributed by atoms with Crippen LogP contribution in [0.1, 0.15) is 24.3 Å². The zero-order valence-corrected chi connectivity index (χ0v) is 12.1. The van der Waals surface area contributed by atoms with Crippen molar-refractivity contribution in [3.8, 4) is 5.75 Å². The second kappa shape index (κ2) is 5.76. The molecule has 1 amide bonds. The molecule has 0 aliphatic carbocycles. The van der Waals surface area contributed by atoms with E-state index < -0.39 is 0 Å². The van der Waals surface area contributed by atoms with Crippen LogP contribution >= 0.6 is 0 Å². The van der Waals surface area contributed by atoms with E-state index in [9.17, 15) is 9.59 Å². The summed E-state index contributed by atoms with van der Waals surface area (Å²) in [7, 11) is 1.39. The quantitative estimate of drug-likeness (QED) is 0.776. The van der Waals surface area contributed by atoms with Gasteiger partial charge >= 0.3 is 5.97 Å². The van der Waals surface area contributed by atoms with Crippen LogP contribution < -0.4 is 4.74 Å². The van der Waals surface area contributed by atoms with Crippen molar-refractivity contribution in [2.75, 3.05) is 26.8 Å². The number of carbonyl (C=O) groups excluding carboxylic acids is 2. The second-order valence-corrected chi connectivity index (χ2v) is 5.52. The average molecular weight is 289 g/mol. The Labute approximate surface area is 123 Å². The summed E-state index contributed by atoms with van der Waals surface area (Å²) in [6.45, 7) is 1.64. The van der Waals surface area contributed by atoms with Gasteiger partial charge in [0.05, 0.1) is 25.6 Å². The minimum atomic E-state index is -0.224. The summed E-state index contributed by atoms with van der Waals surface area (Å²) in [4.78, 5) is 26.1. The van der Waals surface area contributed by atoms with Gasteiger partial charge in [-0.05, 0) is 18.9 Å². The van der Waals surface area contributed by atoms with E-state index in [1.165, 1.54) is 7.11 Å². The third-order valence-corrected chi connectivity index (χ3v) is 4.29. The molecule has 2 atom stereocenters. The van der Waals surface area contributed by atoms with Gasteiger partial charge in [-0.1, -0.05) is 18.2 Å². The molecule has 5 nitrogen and oxygen atoms in total. The average Bonchev–Trinajstić information content (AvgIpc) is 3.03. The maximum absolute atomic E-state index is 12.7. The molecule has 1 aromatic rings. The van der Waals surface area contributed by atoms with Gasteiger partial charge in [-0.2, -0.15) is 0 Å². The number of esters is 1. The molecule has 0 bridgehead atoms. The number of nitrogens with zero attached hydrogens (tertiary/aromatic N) is 1. The van der Waals surface area contributed by atoms with E-state index in [0.717, 1.165) is 11.3 Å². The summed E-state index contributed by atoms with van der Waals surface area (Å²) >= 11 is 0. The highest BCUT2D eigenvalue weighted by molar-refractivity contribution is 5.86. The van der Waals surface area contributed by atoms with Gasteiger partial charge in [0.25, 0.3) is 0 Å². The Kier molecular flexibility index (Phi) is 3.82. The van der Waals surface area contributed by atoms with Crippen LogP contribution in [0.5, 0.6) is 5.75 Å². The molecule has 0 aromatic heterocycles. The molecule has 0 radical (unpaired) electrons. The number of ether oxygens (including phenoxy) is 2. The molecular formula is C16H19NO4. The Morgan fingerprint density at radius 2 is 2.10 bits per heavy atom. The first-order valence-corrected chi connectivity index (χ1v) is 7.29. The van der Waals surface area contributed by atoms with Crippen molar-refractivity contribution in [2.24, 2.45) is 5.92 Å². The number of methoxy groups -OCH3 is 1. The van der Waals surface area contributed by atoms with E-state index in [-0.39, 0.29) is 23.7 Å². The van der Waals surface area contributed by atoms with Gasteiger partial charge in [0.15, 0.2) is 0 Å². The smallest absolute Gasteiger partial charge is 0.310 e. The van der Waals surface area contributed by atoms with Crippen LogP contribution in [0.15, 0.2) is 24.3 Å². The van der Waals surface area contributed by atoms with E-state index in [2.05, 4.69) is 0 Å². The second-order valence-electron chi connectivity index (χ2n) is 5.52. The summed E-state index contributed by atoms with van der Waals surface area (Å²) in [5.74, 6) is 0.320. The molecule has 2 aliphatic heterocycles. The van der Waals surface area contributed by atoms with Crippen LogP contribution in [-0.4, -0.2) is 43.6 Å². The van der Waals surface area contributed by atoms with Crippen LogP contribution in [-0.2, 0) is 14.3 Å². The van der Waals surface area contributed by atoms with Crippen LogP contribution in [0, 0.1) is 5.92 Å². The first kappa shape index (κ1) is 13.9. The minimum Gasteiger partial charge on any atom is -0.493 e. The summed E-state index contributed by atoms with van der Waals surface area (Å²) in [6.07, 6.45) is 1.37. The monoisotopic (exact) mass is 289 g/mol. The summed E-state index contributed by atoms with van der Waals surface area (Å²) in [5, 5.41) is 0. The molecule has 3 rings (SSSR count).